The standard InChI is InChI=1S/C21H15N2O.C5H8O2.Ir/c1-11-7-8-16-18-17(11)13(3)10-22-20(18)15-9-14-6-4-5-12(2)19(14)23-21(15)24-16;1-4(6)3-5(2)7;/h4-8,10H,1-3H3;3,6H,1-2H3;/q-1;;/b;4-3-;. The molecule has 1 N–H and O–H groups in total. The van der Waals surface area contributed by atoms with E-state index in [1.165, 1.54) is 30.9 Å². The van der Waals surface area contributed by atoms with E-state index in [1.807, 2.05) is 24.4 Å². The average Bonchev–Trinajstić information content (AvgIpc) is 2.70. The number of benzene rings is 2. The van der Waals surface area contributed by atoms with Gasteiger partial charge in [-0.3, -0.25) is 14.8 Å². The number of pyridine rings is 2. The van der Waals surface area contributed by atoms with Gasteiger partial charge in [-0.2, -0.15) is 0 Å². The molecule has 0 aliphatic carbocycles. The first-order valence-electron chi connectivity index (χ1n) is 10.0. The molecular weight excluding hydrogens is 581 g/mol. The molecule has 3 heterocycles. The maximum atomic E-state index is 10.0. The van der Waals surface area contributed by atoms with Gasteiger partial charge in [0.25, 0.3) is 0 Å². The van der Waals surface area contributed by atoms with Gasteiger partial charge in [0, 0.05) is 49.0 Å². The fraction of sp³-hybridized carbons (Fsp3) is 0.192. The number of allylic oxidation sites excluding steroid dienone is 2. The second kappa shape index (κ2) is 9.19. The maximum absolute atomic E-state index is 10.0. The second-order valence-corrected chi connectivity index (χ2v) is 7.81. The summed E-state index contributed by atoms with van der Waals surface area (Å²) in [5.41, 5.74) is 6.18. The first-order chi connectivity index (χ1) is 14.8. The maximum Gasteiger partial charge on any atom is 0.155 e. The Balaban J connectivity index is 0.000000318. The van der Waals surface area contributed by atoms with Crippen LogP contribution in [0.25, 0.3) is 32.9 Å². The van der Waals surface area contributed by atoms with E-state index in [9.17, 15) is 4.79 Å². The number of nitrogens with zero attached hydrogens (tertiary/aromatic N) is 2. The van der Waals surface area contributed by atoms with E-state index >= 15 is 0 Å². The number of carbonyl (C=O) groups excluding carboxylic acids is 1. The second-order valence-electron chi connectivity index (χ2n) is 7.81. The number of fused-ring (bicyclic) bond motifs is 3. The molecule has 0 atom stereocenters. The van der Waals surface area contributed by atoms with Crippen molar-refractivity contribution in [3.8, 4) is 22.9 Å². The summed E-state index contributed by atoms with van der Waals surface area (Å²) >= 11 is 0. The zero-order valence-electron chi connectivity index (χ0n) is 18.5. The summed E-state index contributed by atoms with van der Waals surface area (Å²) in [6.45, 7) is 9.11. The van der Waals surface area contributed by atoms with Crippen molar-refractivity contribution in [3.63, 3.8) is 0 Å². The molecule has 5 nitrogen and oxygen atoms in total. The molecule has 0 spiro atoms. The Morgan fingerprint density at radius 1 is 1.03 bits per heavy atom. The Bertz CT molecular complexity index is 1380. The van der Waals surface area contributed by atoms with Crippen molar-refractivity contribution in [1.82, 2.24) is 9.97 Å². The minimum Gasteiger partial charge on any atom is -0.512 e. The third-order valence-corrected chi connectivity index (χ3v) is 5.17. The molecule has 5 rings (SSSR count). The van der Waals surface area contributed by atoms with Crippen LogP contribution in [0.1, 0.15) is 30.5 Å². The minimum absolute atomic E-state index is 0. The fourth-order valence-electron chi connectivity index (χ4n) is 3.88. The number of aliphatic hydroxyl groups excluding tert-OH is 1. The zero-order valence-corrected chi connectivity index (χ0v) is 20.9. The van der Waals surface area contributed by atoms with Crippen LogP contribution in [0.15, 0.2) is 48.4 Å². The monoisotopic (exact) mass is 604 g/mol. The Hall–Kier alpha value is -3.08. The van der Waals surface area contributed by atoms with Crippen LogP contribution in [-0.2, 0) is 24.9 Å². The van der Waals surface area contributed by atoms with Gasteiger partial charge in [0.15, 0.2) is 11.7 Å². The normalized spacial score (nSPS) is 11.7. The van der Waals surface area contributed by atoms with E-state index in [4.69, 9.17) is 19.8 Å². The molecule has 165 valence electrons. The number of aliphatic hydroxyl groups is 1. The van der Waals surface area contributed by atoms with Gasteiger partial charge in [-0.25, -0.2) is 0 Å². The van der Waals surface area contributed by atoms with Crippen LogP contribution in [0.3, 0.4) is 0 Å². The third kappa shape index (κ3) is 4.29. The first-order valence-corrected chi connectivity index (χ1v) is 10.0. The van der Waals surface area contributed by atoms with E-state index in [0.29, 0.717) is 5.88 Å². The number of aromatic nitrogens is 2. The Kier molecular flexibility index (Phi) is 6.77. The van der Waals surface area contributed by atoms with Crippen LogP contribution in [0.2, 0.25) is 0 Å². The SMILES string of the molecule is CC(=O)/C=C(/C)O.Cc1cccc2[c-]c3c(nc12)Oc1ccc(C)c2c(C)cnc-3c12.[Ir]. The zero-order chi connectivity index (χ0) is 22.3. The Morgan fingerprint density at radius 3 is 2.44 bits per heavy atom. The van der Waals surface area contributed by atoms with Crippen molar-refractivity contribution in [2.45, 2.75) is 34.6 Å². The molecule has 1 aliphatic rings. The van der Waals surface area contributed by atoms with Gasteiger partial charge >= 0.3 is 0 Å². The average molecular weight is 604 g/mol. The van der Waals surface area contributed by atoms with E-state index in [-0.39, 0.29) is 31.6 Å². The van der Waals surface area contributed by atoms with Crippen LogP contribution in [0, 0.1) is 26.8 Å². The Labute approximate surface area is 200 Å². The summed E-state index contributed by atoms with van der Waals surface area (Å²) in [5.74, 6) is 1.35. The number of carbonyl (C=O) groups is 1. The van der Waals surface area contributed by atoms with Crippen LogP contribution < -0.4 is 4.74 Å². The van der Waals surface area contributed by atoms with Gasteiger partial charge < -0.3 is 9.84 Å². The molecular formula is C26H23IrN2O3-. The van der Waals surface area contributed by atoms with Crippen molar-refractivity contribution in [2.24, 2.45) is 0 Å². The van der Waals surface area contributed by atoms with Crippen molar-refractivity contribution in [2.75, 3.05) is 0 Å². The van der Waals surface area contributed by atoms with Crippen LogP contribution in [0.5, 0.6) is 11.6 Å². The first kappa shape index (κ1) is 23.6. The number of rotatable bonds is 1. The van der Waals surface area contributed by atoms with Crippen LogP contribution >= 0.6 is 0 Å². The number of ether oxygens (including phenoxy) is 1. The summed E-state index contributed by atoms with van der Waals surface area (Å²) in [6, 6.07) is 13.7. The third-order valence-electron chi connectivity index (χ3n) is 5.17. The molecule has 4 aromatic rings. The largest absolute Gasteiger partial charge is 0.512 e. The van der Waals surface area contributed by atoms with Gasteiger partial charge in [0.2, 0.25) is 0 Å². The van der Waals surface area contributed by atoms with E-state index in [2.05, 4.69) is 39.0 Å². The van der Waals surface area contributed by atoms with Gasteiger partial charge in [-0.15, -0.1) is 12.1 Å². The van der Waals surface area contributed by atoms with Crippen LogP contribution in [0.4, 0.5) is 0 Å². The van der Waals surface area contributed by atoms with Crippen molar-refractivity contribution in [1.29, 1.82) is 0 Å². The smallest absolute Gasteiger partial charge is 0.155 e. The number of aryl methyl sites for hydroxylation is 3. The summed E-state index contributed by atoms with van der Waals surface area (Å²) in [4.78, 5) is 19.5. The van der Waals surface area contributed by atoms with Gasteiger partial charge in [0.05, 0.1) is 5.76 Å². The molecule has 6 heteroatoms. The molecule has 0 saturated carbocycles. The summed E-state index contributed by atoms with van der Waals surface area (Å²) in [7, 11) is 0. The van der Waals surface area contributed by atoms with Crippen molar-refractivity contribution in [3.05, 3.63) is 71.1 Å². The molecule has 0 fully saturated rings. The molecule has 2 aromatic carbocycles. The molecule has 2 aromatic heterocycles. The van der Waals surface area contributed by atoms with Crippen LogP contribution in [-0.4, -0.2) is 20.9 Å². The van der Waals surface area contributed by atoms with Crippen molar-refractivity contribution < 1.29 is 34.7 Å². The van der Waals surface area contributed by atoms with Gasteiger partial charge in [-0.05, 0) is 62.8 Å². The molecule has 0 unspecified atom stereocenters. The summed E-state index contributed by atoms with van der Waals surface area (Å²) in [6.07, 6.45) is 3.10. The van der Waals surface area contributed by atoms with Gasteiger partial charge in [0.1, 0.15) is 5.75 Å². The van der Waals surface area contributed by atoms with Crippen molar-refractivity contribution >= 4 is 27.5 Å². The molecule has 32 heavy (non-hydrogen) atoms. The number of hydrogen-bond acceptors (Lipinski definition) is 5. The molecule has 0 bridgehead atoms. The minimum atomic E-state index is -0.125. The van der Waals surface area contributed by atoms with E-state index < -0.39 is 0 Å². The predicted octanol–water partition coefficient (Wildman–Crippen LogP) is 6.32. The van der Waals surface area contributed by atoms with E-state index in [1.54, 1.807) is 0 Å². The summed E-state index contributed by atoms with van der Waals surface area (Å²) in [5, 5.41) is 11.6. The molecule has 0 saturated heterocycles. The topological polar surface area (TPSA) is 72.3 Å². The number of ketones is 1. The Morgan fingerprint density at radius 2 is 1.78 bits per heavy atom. The molecule has 1 radical (unpaired) electrons. The molecule has 0 amide bonds. The predicted molar refractivity (Wildman–Crippen MR) is 123 cm³/mol. The number of hydrogen-bond donors (Lipinski definition) is 1. The summed E-state index contributed by atoms with van der Waals surface area (Å²) < 4.78 is 6.14. The fourth-order valence-corrected chi connectivity index (χ4v) is 3.88. The van der Waals surface area contributed by atoms with Gasteiger partial charge in [-0.1, -0.05) is 29.1 Å². The van der Waals surface area contributed by atoms with E-state index in [0.717, 1.165) is 44.4 Å². The number of para-hydroxylation sites is 1. The molecule has 1 aliphatic heterocycles. The quantitative estimate of drug-likeness (QED) is 0.138.